The zero-order valence-corrected chi connectivity index (χ0v) is 12.7. The maximum Gasteiger partial charge on any atom is 0.237 e. The third-order valence-corrected chi connectivity index (χ3v) is 4.66. The van der Waals surface area contributed by atoms with Gasteiger partial charge in [-0.2, -0.15) is 0 Å². The summed E-state index contributed by atoms with van der Waals surface area (Å²) in [6.45, 7) is 3.42. The Morgan fingerprint density at radius 1 is 1.43 bits per heavy atom. The molecule has 3 rings (SSSR count). The van der Waals surface area contributed by atoms with E-state index in [1.165, 1.54) is 23.1 Å². The molecule has 2 heterocycles. The number of fused-ring (bicyclic) bond motifs is 1. The van der Waals surface area contributed by atoms with E-state index >= 15 is 0 Å². The number of amides is 1. The fourth-order valence-electron chi connectivity index (χ4n) is 3.51. The summed E-state index contributed by atoms with van der Waals surface area (Å²) >= 11 is 0. The Balaban J connectivity index is 1.80. The second-order valence-electron chi connectivity index (χ2n) is 5.95. The number of nitrogens with one attached hydrogen (secondary N) is 1. The first-order chi connectivity index (χ1) is 10.3. The molecule has 0 bridgehead atoms. The molecule has 1 N–H and O–H groups in total. The number of likely N-dealkylation sites (N-methyl/N-ethyl adjacent to an activating group) is 1. The molecule has 2 aliphatic rings. The summed E-state index contributed by atoms with van der Waals surface area (Å²) in [5, 5.41) is 2.81. The van der Waals surface area contributed by atoms with Crippen molar-refractivity contribution in [3.63, 3.8) is 0 Å². The summed E-state index contributed by atoms with van der Waals surface area (Å²) in [5.41, 5.74) is 4.11. The first-order valence-electron chi connectivity index (χ1n) is 7.92. The molecule has 0 spiro atoms. The fraction of sp³-hybridized carbons (Fsp3) is 0.588. The third-order valence-electron chi connectivity index (χ3n) is 4.66. The number of nitrogens with zero attached hydrogens (tertiary/aromatic N) is 1. The van der Waals surface area contributed by atoms with Gasteiger partial charge in [-0.3, -0.25) is 9.69 Å². The van der Waals surface area contributed by atoms with Crippen LogP contribution in [0.15, 0.2) is 18.2 Å². The number of hydrogen-bond acceptors (Lipinski definition) is 3. The molecular weight excluding hydrogens is 264 g/mol. The van der Waals surface area contributed by atoms with Crippen LogP contribution in [0.4, 0.5) is 0 Å². The van der Waals surface area contributed by atoms with Crippen LogP contribution < -0.4 is 5.32 Å². The monoisotopic (exact) mass is 288 g/mol. The van der Waals surface area contributed by atoms with E-state index in [0.717, 1.165) is 45.6 Å². The molecule has 1 saturated heterocycles. The lowest BCUT2D eigenvalue weighted by Gasteiger charge is -2.35. The lowest BCUT2D eigenvalue weighted by Crippen LogP contribution is -2.48. The highest BCUT2D eigenvalue weighted by Gasteiger charge is 2.28. The molecule has 21 heavy (non-hydrogen) atoms. The van der Waals surface area contributed by atoms with Gasteiger partial charge in [-0.15, -0.1) is 0 Å². The van der Waals surface area contributed by atoms with E-state index in [1.54, 1.807) is 7.05 Å². The highest BCUT2D eigenvalue weighted by Crippen LogP contribution is 2.25. The minimum Gasteiger partial charge on any atom is -0.376 e. The topological polar surface area (TPSA) is 41.6 Å². The number of piperidine rings is 1. The van der Waals surface area contributed by atoms with Gasteiger partial charge in [-0.25, -0.2) is 0 Å². The Morgan fingerprint density at radius 2 is 2.33 bits per heavy atom. The van der Waals surface area contributed by atoms with Crippen molar-refractivity contribution in [2.24, 2.45) is 0 Å². The van der Waals surface area contributed by atoms with Crippen molar-refractivity contribution in [1.29, 1.82) is 0 Å². The molecule has 4 heteroatoms. The van der Waals surface area contributed by atoms with Crippen molar-refractivity contribution >= 4 is 5.91 Å². The second kappa shape index (κ2) is 6.58. The predicted octanol–water partition coefficient (Wildman–Crippen LogP) is 1.86. The van der Waals surface area contributed by atoms with E-state index < -0.39 is 0 Å². The Bertz CT molecular complexity index is 516. The van der Waals surface area contributed by atoms with Crippen LogP contribution in [0.1, 0.15) is 36.0 Å². The lowest BCUT2D eigenvalue weighted by molar-refractivity contribution is -0.127. The molecule has 1 unspecified atom stereocenters. The van der Waals surface area contributed by atoms with Crippen LogP contribution in [0.25, 0.3) is 0 Å². The van der Waals surface area contributed by atoms with Gasteiger partial charge in [0, 0.05) is 13.6 Å². The molecule has 1 fully saturated rings. The Kier molecular flexibility index (Phi) is 4.56. The molecule has 0 aliphatic carbocycles. The summed E-state index contributed by atoms with van der Waals surface area (Å²) in [5.74, 6) is 0.155. The first kappa shape index (κ1) is 14.5. The van der Waals surface area contributed by atoms with Gasteiger partial charge in [0.15, 0.2) is 0 Å². The molecule has 1 aromatic carbocycles. The van der Waals surface area contributed by atoms with Crippen LogP contribution in [-0.4, -0.2) is 37.0 Å². The van der Waals surface area contributed by atoms with E-state index in [-0.39, 0.29) is 11.9 Å². The predicted molar refractivity (Wildman–Crippen MR) is 81.9 cm³/mol. The highest BCUT2D eigenvalue weighted by molar-refractivity contribution is 5.81. The van der Waals surface area contributed by atoms with E-state index in [2.05, 4.69) is 28.4 Å². The number of ether oxygens (including phenoxy) is 1. The van der Waals surface area contributed by atoms with Gasteiger partial charge >= 0.3 is 0 Å². The van der Waals surface area contributed by atoms with Crippen LogP contribution in [0.2, 0.25) is 0 Å². The minimum atomic E-state index is 0.0273. The first-order valence-corrected chi connectivity index (χ1v) is 7.92. The number of benzene rings is 1. The minimum absolute atomic E-state index is 0.0273. The van der Waals surface area contributed by atoms with Gasteiger partial charge in [-0.1, -0.05) is 24.6 Å². The number of carbonyl (C=O) groups is 1. The van der Waals surface area contributed by atoms with Gasteiger partial charge in [0.25, 0.3) is 0 Å². The molecule has 1 amide bonds. The summed E-state index contributed by atoms with van der Waals surface area (Å²) in [6, 6.07) is 6.51. The average molecular weight is 288 g/mol. The third kappa shape index (κ3) is 3.11. The highest BCUT2D eigenvalue weighted by atomic mass is 16.5. The molecule has 4 nitrogen and oxygen atoms in total. The normalized spacial score (nSPS) is 22.6. The maximum absolute atomic E-state index is 12.1. The molecule has 0 saturated carbocycles. The SMILES string of the molecule is CNC(=O)C1CCCCN1Cc1cccc2c1CCOC2. The number of rotatable bonds is 3. The molecule has 114 valence electrons. The van der Waals surface area contributed by atoms with E-state index in [0.29, 0.717) is 0 Å². The van der Waals surface area contributed by atoms with Gasteiger partial charge < -0.3 is 10.1 Å². The number of likely N-dealkylation sites (tertiary alicyclic amines) is 1. The van der Waals surface area contributed by atoms with Crippen LogP contribution in [0, 0.1) is 0 Å². The molecular formula is C17H24N2O2. The summed E-state index contributed by atoms with van der Waals surface area (Å²) < 4.78 is 5.54. The summed E-state index contributed by atoms with van der Waals surface area (Å²) in [7, 11) is 1.73. The average Bonchev–Trinajstić information content (AvgIpc) is 2.55. The van der Waals surface area contributed by atoms with Gasteiger partial charge in [0.05, 0.1) is 19.3 Å². The Morgan fingerprint density at radius 3 is 3.19 bits per heavy atom. The van der Waals surface area contributed by atoms with E-state index in [4.69, 9.17) is 4.74 Å². The van der Waals surface area contributed by atoms with Crippen molar-refractivity contribution in [2.45, 2.75) is 44.9 Å². The van der Waals surface area contributed by atoms with Crippen molar-refractivity contribution < 1.29 is 9.53 Å². The van der Waals surface area contributed by atoms with E-state index in [1.807, 2.05) is 0 Å². The van der Waals surface area contributed by atoms with Crippen LogP contribution in [0.3, 0.4) is 0 Å². The van der Waals surface area contributed by atoms with Crippen LogP contribution in [0.5, 0.6) is 0 Å². The number of carbonyl (C=O) groups excluding carboxylic acids is 1. The Hall–Kier alpha value is -1.39. The molecule has 1 atom stereocenters. The maximum atomic E-state index is 12.1. The zero-order chi connectivity index (χ0) is 14.7. The lowest BCUT2D eigenvalue weighted by atomic mass is 9.95. The van der Waals surface area contributed by atoms with Gasteiger partial charge in [0.1, 0.15) is 0 Å². The molecule has 0 aromatic heterocycles. The van der Waals surface area contributed by atoms with Crippen molar-refractivity contribution in [3.8, 4) is 0 Å². The summed E-state index contributed by atoms with van der Waals surface area (Å²) in [4.78, 5) is 14.4. The van der Waals surface area contributed by atoms with Crippen LogP contribution >= 0.6 is 0 Å². The van der Waals surface area contributed by atoms with Gasteiger partial charge in [0.2, 0.25) is 5.91 Å². The van der Waals surface area contributed by atoms with Crippen molar-refractivity contribution in [3.05, 3.63) is 34.9 Å². The van der Waals surface area contributed by atoms with Crippen molar-refractivity contribution in [1.82, 2.24) is 10.2 Å². The van der Waals surface area contributed by atoms with Crippen LogP contribution in [-0.2, 0) is 29.1 Å². The van der Waals surface area contributed by atoms with Gasteiger partial charge in [-0.05, 0) is 42.5 Å². The smallest absolute Gasteiger partial charge is 0.237 e. The molecule has 1 aromatic rings. The number of hydrogen-bond donors (Lipinski definition) is 1. The second-order valence-corrected chi connectivity index (χ2v) is 5.95. The van der Waals surface area contributed by atoms with E-state index in [9.17, 15) is 4.79 Å². The molecule has 2 aliphatic heterocycles. The van der Waals surface area contributed by atoms with Crippen molar-refractivity contribution in [2.75, 3.05) is 20.2 Å². The zero-order valence-electron chi connectivity index (χ0n) is 12.7. The quantitative estimate of drug-likeness (QED) is 0.923. The molecule has 0 radical (unpaired) electrons. The standard InChI is InChI=1S/C17H24N2O2/c1-18-17(20)16-7-2-3-9-19(16)11-13-5-4-6-14-12-21-10-8-15(13)14/h4-6,16H,2-3,7-12H2,1H3,(H,18,20). The summed E-state index contributed by atoms with van der Waals surface area (Å²) in [6.07, 6.45) is 4.29. The Labute approximate surface area is 126 Å². The largest absolute Gasteiger partial charge is 0.376 e. The fourth-order valence-corrected chi connectivity index (χ4v) is 3.51.